The van der Waals surface area contributed by atoms with E-state index in [0.717, 1.165) is 32.6 Å². The Kier molecular flexibility index (Phi) is 4.97. The molecule has 1 aromatic carbocycles. The molecule has 19 heavy (non-hydrogen) atoms. The van der Waals surface area contributed by atoms with Gasteiger partial charge in [0.05, 0.1) is 0 Å². The summed E-state index contributed by atoms with van der Waals surface area (Å²) in [4.78, 5) is 2.52. The molecule has 0 radical (unpaired) electrons. The minimum atomic E-state index is 0.262. The molecular formula is C16H26N2O. The van der Waals surface area contributed by atoms with Crippen LogP contribution < -0.4 is 5.32 Å². The van der Waals surface area contributed by atoms with Gasteiger partial charge in [-0.25, -0.2) is 0 Å². The van der Waals surface area contributed by atoms with Gasteiger partial charge in [0.2, 0.25) is 0 Å². The van der Waals surface area contributed by atoms with Crippen molar-refractivity contribution in [3.05, 3.63) is 35.9 Å². The van der Waals surface area contributed by atoms with Gasteiger partial charge < -0.3 is 10.4 Å². The van der Waals surface area contributed by atoms with Gasteiger partial charge >= 0.3 is 0 Å². The topological polar surface area (TPSA) is 35.5 Å². The van der Waals surface area contributed by atoms with E-state index in [2.05, 4.69) is 54.4 Å². The highest BCUT2D eigenvalue weighted by Gasteiger charge is 2.29. The summed E-state index contributed by atoms with van der Waals surface area (Å²) in [6.07, 6.45) is 0.843. The van der Waals surface area contributed by atoms with Crippen LogP contribution in [0.25, 0.3) is 0 Å². The molecule has 3 heteroatoms. The van der Waals surface area contributed by atoms with Gasteiger partial charge in [-0.15, -0.1) is 0 Å². The molecule has 0 saturated carbocycles. The van der Waals surface area contributed by atoms with Crippen molar-refractivity contribution in [2.45, 2.75) is 32.9 Å². The van der Waals surface area contributed by atoms with Crippen LogP contribution in [0.3, 0.4) is 0 Å². The van der Waals surface area contributed by atoms with E-state index in [4.69, 9.17) is 0 Å². The second-order valence-electron chi connectivity index (χ2n) is 6.35. The van der Waals surface area contributed by atoms with Crippen molar-refractivity contribution >= 4 is 0 Å². The van der Waals surface area contributed by atoms with Crippen LogP contribution in [-0.2, 0) is 6.54 Å². The zero-order chi connectivity index (χ0) is 13.7. The molecule has 0 aromatic heterocycles. The lowest BCUT2D eigenvalue weighted by Gasteiger charge is -2.33. The Morgan fingerprint density at radius 2 is 2.05 bits per heavy atom. The maximum atomic E-state index is 9.27. The zero-order valence-corrected chi connectivity index (χ0v) is 12.1. The lowest BCUT2D eigenvalue weighted by Crippen LogP contribution is -2.41. The molecule has 1 heterocycles. The molecule has 2 rings (SSSR count). The Balaban J connectivity index is 2.10. The number of benzene rings is 1. The summed E-state index contributed by atoms with van der Waals surface area (Å²) >= 11 is 0. The van der Waals surface area contributed by atoms with E-state index in [9.17, 15) is 5.11 Å². The van der Waals surface area contributed by atoms with Crippen molar-refractivity contribution in [2.75, 3.05) is 26.2 Å². The van der Waals surface area contributed by atoms with Crippen LogP contribution in [0, 0.1) is 5.41 Å². The predicted octanol–water partition coefficient (Wildman–Crippen LogP) is 1.87. The van der Waals surface area contributed by atoms with Gasteiger partial charge in [0.15, 0.2) is 0 Å². The normalized spacial score (nSPS) is 24.1. The third-order valence-electron chi connectivity index (χ3n) is 3.82. The molecule has 1 atom stereocenters. The number of nitrogens with one attached hydrogen (secondary N) is 1. The summed E-state index contributed by atoms with van der Waals surface area (Å²) < 4.78 is 0. The Morgan fingerprint density at radius 3 is 2.74 bits per heavy atom. The maximum absolute atomic E-state index is 9.27. The van der Waals surface area contributed by atoms with Gasteiger partial charge in [-0.05, 0) is 17.4 Å². The summed E-state index contributed by atoms with van der Waals surface area (Å²) in [7, 11) is 0. The molecule has 1 unspecified atom stereocenters. The largest absolute Gasteiger partial charge is 0.396 e. The SMILES string of the molecule is CC1(C)CNCC(CCO)N(Cc2ccccc2)C1. The van der Waals surface area contributed by atoms with Crippen LogP contribution in [0.4, 0.5) is 0 Å². The zero-order valence-electron chi connectivity index (χ0n) is 12.1. The van der Waals surface area contributed by atoms with Crippen LogP contribution in [0.2, 0.25) is 0 Å². The highest BCUT2D eigenvalue weighted by Crippen LogP contribution is 2.23. The van der Waals surface area contributed by atoms with Crippen molar-refractivity contribution in [1.29, 1.82) is 0 Å². The standard InChI is InChI=1S/C16H26N2O/c1-16(2)12-17-10-15(8-9-19)18(13-16)11-14-6-4-3-5-7-14/h3-7,15,17,19H,8-13H2,1-2H3. The third kappa shape index (κ3) is 4.30. The van der Waals surface area contributed by atoms with Crippen LogP contribution in [0.1, 0.15) is 25.8 Å². The first-order chi connectivity index (χ1) is 9.11. The van der Waals surface area contributed by atoms with Gasteiger partial charge in [-0.1, -0.05) is 44.2 Å². The minimum absolute atomic E-state index is 0.262. The Morgan fingerprint density at radius 1 is 1.32 bits per heavy atom. The van der Waals surface area contributed by atoms with Crippen molar-refractivity contribution in [3.63, 3.8) is 0 Å². The molecule has 1 aliphatic rings. The van der Waals surface area contributed by atoms with Crippen molar-refractivity contribution < 1.29 is 5.11 Å². The smallest absolute Gasteiger partial charge is 0.0446 e. The number of hydrogen-bond donors (Lipinski definition) is 2. The highest BCUT2D eigenvalue weighted by molar-refractivity contribution is 5.14. The van der Waals surface area contributed by atoms with E-state index in [0.29, 0.717) is 6.04 Å². The van der Waals surface area contributed by atoms with E-state index in [1.807, 2.05) is 0 Å². The monoisotopic (exact) mass is 262 g/mol. The molecule has 0 spiro atoms. The summed E-state index contributed by atoms with van der Waals surface area (Å²) in [5.41, 5.74) is 1.63. The van der Waals surface area contributed by atoms with Crippen molar-refractivity contribution in [1.82, 2.24) is 10.2 Å². The van der Waals surface area contributed by atoms with Crippen LogP contribution in [0.5, 0.6) is 0 Å². The van der Waals surface area contributed by atoms with Gasteiger partial charge in [0.1, 0.15) is 0 Å². The maximum Gasteiger partial charge on any atom is 0.0446 e. The Labute approximate surface area is 116 Å². The molecule has 2 N–H and O–H groups in total. The number of nitrogens with zero attached hydrogens (tertiary/aromatic N) is 1. The molecule has 0 amide bonds. The first-order valence-corrected chi connectivity index (χ1v) is 7.20. The second-order valence-corrected chi connectivity index (χ2v) is 6.35. The minimum Gasteiger partial charge on any atom is -0.396 e. The predicted molar refractivity (Wildman–Crippen MR) is 79.0 cm³/mol. The number of hydrogen-bond acceptors (Lipinski definition) is 3. The van der Waals surface area contributed by atoms with Crippen molar-refractivity contribution in [3.8, 4) is 0 Å². The fourth-order valence-corrected chi connectivity index (χ4v) is 2.88. The summed E-state index contributed by atoms with van der Waals surface area (Å²) in [6.45, 7) is 8.92. The van der Waals surface area contributed by atoms with Crippen LogP contribution in [-0.4, -0.2) is 42.3 Å². The van der Waals surface area contributed by atoms with E-state index >= 15 is 0 Å². The molecule has 106 valence electrons. The average molecular weight is 262 g/mol. The summed E-state index contributed by atoms with van der Waals surface area (Å²) in [5, 5.41) is 12.8. The quantitative estimate of drug-likeness (QED) is 0.869. The lowest BCUT2D eigenvalue weighted by atomic mass is 9.93. The molecule has 0 bridgehead atoms. The van der Waals surface area contributed by atoms with E-state index in [1.54, 1.807) is 0 Å². The number of aliphatic hydroxyl groups is 1. The second kappa shape index (κ2) is 6.51. The van der Waals surface area contributed by atoms with Gasteiger partial charge in [0, 0.05) is 38.8 Å². The first-order valence-electron chi connectivity index (χ1n) is 7.20. The molecule has 1 aliphatic heterocycles. The fraction of sp³-hybridized carbons (Fsp3) is 0.625. The average Bonchev–Trinajstić information content (AvgIpc) is 2.50. The molecule has 3 nitrogen and oxygen atoms in total. The summed E-state index contributed by atoms with van der Waals surface area (Å²) in [6, 6.07) is 11.0. The van der Waals surface area contributed by atoms with E-state index in [-0.39, 0.29) is 12.0 Å². The van der Waals surface area contributed by atoms with Crippen molar-refractivity contribution in [2.24, 2.45) is 5.41 Å². The third-order valence-corrected chi connectivity index (χ3v) is 3.82. The molecule has 0 aliphatic carbocycles. The molecule has 1 aromatic rings. The summed E-state index contributed by atoms with van der Waals surface area (Å²) in [5.74, 6) is 0. The Bertz CT molecular complexity index is 378. The van der Waals surface area contributed by atoms with E-state index in [1.165, 1.54) is 5.56 Å². The highest BCUT2D eigenvalue weighted by atomic mass is 16.3. The molecule has 1 fully saturated rings. The number of rotatable bonds is 4. The first kappa shape index (κ1) is 14.5. The van der Waals surface area contributed by atoms with Gasteiger partial charge in [-0.2, -0.15) is 0 Å². The number of aliphatic hydroxyl groups excluding tert-OH is 1. The van der Waals surface area contributed by atoms with Gasteiger partial charge in [0.25, 0.3) is 0 Å². The fourth-order valence-electron chi connectivity index (χ4n) is 2.88. The Hall–Kier alpha value is -0.900. The van der Waals surface area contributed by atoms with Crippen LogP contribution >= 0.6 is 0 Å². The lowest BCUT2D eigenvalue weighted by molar-refractivity contribution is 0.126. The van der Waals surface area contributed by atoms with Gasteiger partial charge in [-0.3, -0.25) is 4.90 Å². The molecule has 1 saturated heterocycles. The van der Waals surface area contributed by atoms with Crippen LogP contribution in [0.15, 0.2) is 30.3 Å². The van der Waals surface area contributed by atoms with E-state index < -0.39 is 0 Å². The molecular weight excluding hydrogens is 236 g/mol.